The highest BCUT2D eigenvalue weighted by atomic mass is 32.1. The predicted octanol–water partition coefficient (Wildman–Crippen LogP) is 5.33. The van der Waals surface area contributed by atoms with Crippen LogP contribution >= 0.6 is 11.3 Å². The number of piperazine rings is 1. The van der Waals surface area contributed by atoms with E-state index in [9.17, 15) is 4.79 Å². The molecule has 0 aliphatic carbocycles. The molecule has 0 amide bonds. The summed E-state index contributed by atoms with van der Waals surface area (Å²) in [5.74, 6) is 0.817. The molecule has 5 rings (SSSR count). The van der Waals surface area contributed by atoms with Crippen molar-refractivity contribution in [3.8, 4) is 11.6 Å². The normalized spacial score (nSPS) is 14.3. The average molecular weight is 506 g/mol. The molecule has 0 unspecified atom stereocenters. The summed E-state index contributed by atoms with van der Waals surface area (Å²) < 4.78 is 17.5. The topological polar surface area (TPSA) is 64.1 Å². The van der Waals surface area contributed by atoms with Gasteiger partial charge in [0.25, 0.3) is 0 Å². The van der Waals surface area contributed by atoms with Gasteiger partial charge in [-0.25, -0.2) is 4.98 Å². The Kier molecular flexibility index (Phi) is 7.83. The molecule has 1 aliphatic rings. The first-order chi connectivity index (χ1) is 17.7. The molecule has 0 atom stereocenters. The first-order valence-corrected chi connectivity index (χ1v) is 13.3. The van der Waals surface area contributed by atoms with Crippen molar-refractivity contribution < 1.29 is 19.0 Å². The highest BCUT2D eigenvalue weighted by Crippen LogP contribution is 2.31. The molecule has 2 aromatic heterocycles. The molecular weight excluding hydrogens is 474 g/mol. The van der Waals surface area contributed by atoms with Crippen molar-refractivity contribution >= 4 is 44.0 Å². The number of carbonyl (C=O) groups excluding carboxylic acids is 1. The Hall–Kier alpha value is -3.36. The Morgan fingerprint density at radius 1 is 1.00 bits per heavy atom. The predicted molar refractivity (Wildman–Crippen MR) is 144 cm³/mol. The van der Waals surface area contributed by atoms with E-state index in [-0.39, 0.29) is 12.8 Å². The van der Waals surface area contributed by atoms with E-state index >= 15 is 0 Å². The Bertz CT molecular complexity index is 1320. The maximum atomic E-state index is 10.9. The number of nitrogens with zero attached hydrogens (tertiary/aromatic N) is 3. The van der Waals surface area contributed by atoms with Crippen molar-refractivity contribution in [1.82, 2.24) is 9.88 Å². The molecule has 7 nitrogen and oxygen atoms in total. The number of rotatable bonds is 10. The second kappa shape index (κ2) is 11.6. The molecule has 0 N–H and O–H groups in total. The van der Waals surface area contributed by atoms with Crippen LogP contribution in [0, 0.1) is 0 Å². The zero-order valence-electron chi connectivity index (χ0n) is 20.5. The summed E-state index contributed by atoms with van der Waals surface area (Å²) in [7, 11) is 0. The van der Waals surface area contributed by atoms with Gasteiger partial charge in [-0.1, -0.05) is 6.07 Å². The highest BCUT2D eigenvalue weighted by molar-refractivity contribution is 7.17. The summed E-state index contributed by atoms with van der Waals surface area (Å²) in [6.45, 7) is 7.30. The van der Waals surface area contributed by atoms with Gasteiger partial charge >= 0.3 is 5.97 Å². The monoisotopic (exact) mass is 505 g/mol. The van der Waals surface area contributed by atoms with Gasteiger partial charge in [-0.05, 0) is 61.2 Å². The number of aromatic nitrogens is 1. The van der Waals surface area contributed by atoms with Gasteiger partial charge < -0.3 is 19.1 Å². The van der Waals surface area contributed by atoms with Gasteiger partial charge in [-0.2, -0.15) is 0 Å². The fourth-order valence-electron chi connectivity index (χ4n) is 4.51. The van der Waals surface area contributed by atoms with E-state index in [0.717, 1.165) is 62.2 Å². The van der Waals surface area contributed by atoms with Gasteiger partial charge in [0.15, 0.2) is 0 Å². The van der Waals surface area contributed by atoms with E-state index in [2.05, 4.69) is 44.4 Å². The summed E-state index contributed by atoms with van der Waals surface area (Å²) in [6.07, 6.45) is 2.12. The van der Waals surface area contributed by atoms with Crippen molar-refractivity contribution in [1.29, 1.82) is 0 Å². The number of pyridine rings is 1. The number of hydrogen-bond donors (Lipinski definition) is 0. The lowest BCUT2D eigenvalue weighted by Crippen LogP contribution is -2.46. The summed E-state index contributed by atoms with van der Waals surface area (Å²) in [5.41, 5.74) is 2.15. The van der Waals surface area contributed by atoms with Crippen LogP contribution in [0.1, 0.15) is 19.8 Å². The molecule has 188 valence electrons. The van der Waals surface area contributed by atoms with E-state index in [1.807, 2.05) is 35.6 Å². The standard InChI is InChI=1S/C28H31N3O4S/c1-21(32)34-20-35-28-10-8-22-7-9-23(19-25(22)29-28)33-17-3-2-12-30-13-15-31(16-14-30)26-5-4-6-27-24(26)11-18-36-27/h4-11,18-19H,2-3,12-17,20H2,1H3. The van der Waals surface area contributed by atoms with Crippen LogP contribution in [0.3, 0.4) is 0 Å². The van der Waals surface area contributed by atoms with Crippen LogP contribution in [-0.2, 0) is 9.53 Å². The van der Waals surface area contributed by atoms with Gasteiger partial charge in [0.05, 0.1) is 12.1 Å². The molecular formula is C28H31N3O4S. The zero-order valence-corrected chi connectivity index (χ0v) is 21.3. The Labute approximate surface area is 215 Å². The molecule has 2 aromatic carbocycles. The molecule has 1 fully saturated rings. The van der Waals surface area contributed by atoms with Gasteiger partial charge in [0, 0.05) is 66.4 Å². The lowest BCUT2D eigenvalue weighted by Gasteiger charge is -2.36. The number of thiophene rings is 1. The van der Waals surface area contributed by atoms with Crippen LogP contribution in [-0.4, -0.2) is 62.0 Å². The Morgan fingerprint density at radius 3 is 2.72 bits per heavy atom. The largest absolute Gasteiger partial charge is 0.494 e. The second-order valence-electron chi connectivity index (χ2n) is 8.90. The summed E-state index contributed by atoms with van der Waals surface area (Å²) in [4.78, 5) is 20.4. The molecule has 36 heavy (non-hydrogen) atoms. The zero-order chi connectivity index (χ0) is 24.7. The molecule has 0 bridgehead atoms. The first kappa shape index (κ1) is 24.3. The number of carbonyl (C=O) groups is 1. The molecule has 1 aliphatic heterocycles. The lowest BCUT2D eigenvalue weighted by atomic mass is 10.2. The fourth-order valence-corrected chi connectivity index (χ4v) is 5.32. The number of fused-ring (bicyclic) bond motifs is 2. The quantitative estimate of drug-likeness (QED) is 0.164. The number of ether oxygens (including phenoxy) is 3. The van der Waals surface area contributed by atoms with Crippen molar-refractivity contribution in [2.45, 2.75) is 19.8 Å². The first-order valence-electron chi connectivity index (χ1n) is 12.4. The molecule has 0 radical (unpaired) electrons. The van der Waals surface area contributed by atoms with E-state index in [1.165, 1.54) is 22.7 Å². The van der Waals surface area contributed by atoms with Gasteiger partial charge in [0.2, 0.25) is 12.7 Å². The summed E-state index contributed by atoms with van der Waals surface area (Å²) in [5, 5.41) is 4.56. The van der Waals surface area contributed by atoms with Gasteiger partial charge in [-0.3, -0.25) is 9.69 Å². The number of anilines is 1. The number of esters is 1. The minimum Gasteiger partial charge on any atom is -0.494 e. The van der Waals surface area contributed by atoms with Crippen LogP contribution in [0.4, 0.5) is 5.69 Å². The smallest absolute Gasteiger partial charge is 0.305 e. The minimum atomic E-state index is -0.388. The molecule has 3 heterocycles. The fraction of sp³-hybridized carbons (Fsp3) is 0.357. The van der Waals surface area contributed by atoms with Crippen molar-refractivity contribution in [3.05, 3.63) is 60.0 Å². The average Bonchev–Trinajstić information content (AvgIpc) is 3.38. The van der Waals surface area contributed by atoms with Crippen LogP contribution in [0.5, 0.6) is 11.6 Å². The molecule has 1 saturated heterocycles. The lowest BCUT2D eigenvalue weighted by molar-refractivity contribution is -0.147. The molecule has 0 spiro atoms. The van der Waals surface area contributed by atoms with E-state index in [0.29, 0.717) is 12.5 Å². The van der Waals surface area contributed by atoms with E-state index < -0.39 is 0 Å². The summed E-state index contributed by atoms with van der Waals surface area (Å²) in [6, 6.07) is 18.4. The third-order valence-electron chi connectivity index (χ3n) is 6.43. The third kappa shape index (κ3) is 6.06. The SMILES string of the molecule is CC(=O)OCOc1ccc2ccc(OCCCCN3CCN(c4cccc5sccc45)CC3)cc2n1. The van der Waals surface area contributed by atoms with Crippen LogP contribution in [0.15, 0.2) is 60.0 Å². The Morgan fingerprint density at radius 2 is 1.86 bits per heavy atom. The van der Waals surface area contributed by atoms with Crippen LogP contribution in [0.2, 0.25) is 0 Å². The Balaban J connectivity index is 1.04. The molecule has 8 heteroatoms. The third-order valence-corrected chi connectivity index (χ3v) is 7.31. The minimum absolute atomic E-state index is 0.149. The van der Waals surface area contributed by atoms with Crippen LogP contribution < -0.4 is 14.4 Å². The maximum Gasteiger partial charge on any atom is 0.305 e. The summed E-state index contributed by atoms with van der Waals surface area (Å²) >= 11 is 1.81. The maximum absolute atomic E-state index is 10.9. The van der Waals surface area contributed by atoms with Crippen molar-refractivity contribution in [2.24, 2.45) is 0 Å². The number of unbranched alkanes of at least 4 members (excludes halogenated alkanes) is 1. The second-order valence-corrected chi connectivity index (χ2v) is 9.84. The van der Waals surface area contributed by atoms with Gasteiger partial charge in [-0.15, -0.1) is 11.3 Å². The van der Waals surface area contributed by atoms with Crippen LogP contribution in [0.25, 0.3) is 21.0 Å². The molecule has 4 aromatic rings. The van der Waals surface area contributed by atoms with Crippen molar-refractivity contribution in [2.75, 3.05) is 51.0 Å². The van der Waals surface area contributed by atoms with Crippen molar-refractivity contribution in [3.63, 3.8) is 0 Å². The number of benzene rings is 2. The highest BCUT2D eigenvalue weighted by Gasteiger charge is 2.18. The number of hydrogen-bond acceptors (Lipinski definition) is 8. The van der Waals surface area contributed by atoms with Gasteiger partial charge in [0.1, 0.15) is 5.75 Å². The van der Waals surface area contributed by atoms with E-state index in [1.54, 1.807) is 6.07 Å². The van der Waals surface area contributed by atoms with E-state index in [4.69, 9.17) is 14.2 Å². The molecule has 0 saturated carbocycles.